The Morgan fingerprint density at radius 1 is 1.10 bits per heavy atom. The molecular formula is C19H19NO. The van der Waals surface area contributed by atoms with Gasteiger partial charge in [0.15, 0.2) is 0 Å². The van der Waals surface area contributed by atoms with Crippen molar-refractivity contribution in [2.24, 2.45) is 0 Å². The van der Waals surface area contributed by atoms with E-state index in [-0.39, 0.29) is 0 Å². The zero-order valence-corrected chi connectivity index (χ0v) is 12.2. The molecule has 0 spiro atoms. The SMILES string of the molecule is Cc1cccc2cc(-c3ccc(CNC4CC4)cc3)oc12. The third-order valence-corrected chi connectivity index (χ3v) is 4.15. The zero-order chi connectivity index (χ0) is 14.2. The first-order chi connectivity index (χ1) is 10.3. The van der Waals surface area contributed by atoms with Gasteiger partial charge >= 0.3 is 0 Å². The minimum Gasteiger partial charge on any atom is -0.456 e. The van der Waals surface area contributed by atoms with Gasteiger partial charge in [0, 0.05) is 23.5 Å². The molecule has 3 aromatic rings. The van der Waals surface area contributed by atoms with E-state index in [0.717, 1.165) is 29.5 Å². The molecule has 106 valence electrons. The van der Waals surface area contributed by atoms with E-state index in [2.05, 4.69) is 60.8 Å². The highest BCUT2D eigenvalue weighted by molar-refractivity contribution is 5.85. The highest BCUT2D eigenvalue weighted by Gasteiger charge is 2.19. The summed E-state index contributed by atoms with van der Waals surface area (Å²) in [6.45, 7) is 3.05. The molecule has 1 aromatic heterocycles. The van der Waals surface area contributed by atoms with Gasteiger partial charge in [-0.05, 0) is 37.0 Å². The Balaban J connectivity index is 1.60. The van der Waals surface area contributed by atoms with Crippen LogP contribution in [0, 0.1) is 6.92 Å². The Morgan fingerprint density at radius 2 is 1.90 bits per heavy atom. The summed E-state index contributed by atoms with van der Waals surface area (Å²) < 4.78 is 6.02. The average Bonchev–Trinajstić information content (AvgIpc) is 3.23. The first kappa shape index (κ1) is 12.7. The summed E-state index contributed by atoms with van der Waals surface area (Å²) in [5, 5.41) is 4.71. The van der Waals surface area contributed by atoms with Crippen molar-refractivity contribution in [3.63, 3.8) is 0 Å². The lowest BCUT2D eigenvalue weighted by atomic mass is 10.1. The minimum atomic E-state index is 0.753. The Kier molecular flexibility index (Phi) is 3.04. The maximum Gasteiger partial charge on any atom is 0.137 e. The van der Waals surface area contributed by atoms with Gasteiger partial charge < -0.3 is 9.73 Å². The van der Waals surface area contributed by atoms with Gasteiger partial charge in [-0.25, -0.2) is 0 Å². The molecule has 0 amide bonds. The van der Waals surface area contributed by atoms with Crippen molar-refractivity contribution in [2.75, 3.05) is 0 Å². The number of furan rings is 1. The molecule has 0 atom stereocenters. The molecule has 1 heterocycles. The summed E-state index contributed by atoms with van der Waals surface area (Å²) in [4.78, 5) is 0. The van der Waals surface area contributed by atoms with Crippen molar-refractivity contribution in [2.45, 2.75) is 32.4 Å². The van der Waals surface area contributed by atoms with Crippen LogP contribution in [0.5, 0.6) is 0 Å². The third kappa shape index (κ3) is 2.59. The standard InChI is InChI=1S/C19H19NO/c1-13-3-2-4-16-11-18(21-19(13)16)15-7-5-14(6-8-15)12-20-17-9-10-17/h2-8,11,17,20H,9-10,12H2,1H3. The number of fused-ring (bicyclic) bond motifs is 1. The van der Waals surface area contributed by atoms with Gasteiger partial charge in [0.25, 0.3) is 0 Å². The molecule has 2 aromatic carbocycles. The van der Waals surface area contributed by atoms with Crippen molar-refractivity contribution in [1.29, 1.82) is 0 Å². The molecular weight excluding hydrogens is 258 g/mol. The topological polar surface area (TPSA) is 25.2 Å². The molecule has 0 bridgehead atoms. The Hall–Kier alpha value is -2.06. The van der Waals surface area contributed by atoms with Gasteiger partial charge in [0.1, 0.15) is 11.3 Å². The number of para-hydroxylation sites is 1. The maximum absolute atomic E-state index is 6.02. The van der Waals surface area contributed by atoms with Crippen LogP contribution in [0.25, 0.3) is 22.3 Å². The number of aryl methyl sites for hydroxylation is 1. The van der Waals surface area contributed by atoms with E-state index in [1.807, 2.05) is 0 Å². The van der Waals surface area contributed by atoms with Crippen LogP contribution in [0.4, 0.5) is 0 Å². The fourth-order valence-electron chi connectivity index (χ4n) is 2.69. The van der Waals surface area contributed by atoms with Crippen molar-refractivity contribution in [3.8, 4) is 11.3 Å². The summed E-state index contributed by atoms with van der Waals surface area (Å²) in [5.74, 6) is 0.945. The van der Waals surface area contributed by atoms with E-state index in [4.69, 9.17) is 4.42 Å². The summed E-state index contributed by atoms with van der Waals surface area (Å²) in [6.07, 6.45) is 2.66. The van der Waals surface area contributed by atoms with Gasteiger partial charge in [0.2, 0.25) is 0 Å². The van der Waals surface area contributed by atoms with Crippen LogP contribution in [0.1, 0.15) is 24.0 Å². The molecule has 4 rings (SSSR count). The number of hydrogen-bond acceptors (Lipinski definition) is 2. The molecule has 1 fully saturated rings. The first-order valence-electron chi connectivity index (χ1n) is 7.61. The molecule has 21 heavy (non-hydrogen) atoms. The van der Waals surface area contributed by atoms with Crippen LogP contribution in [0.2, 0.25) is 0 Å². The molecule has 1 N–H and O–H groups in total. The normalized spacial score (nSPS) is 14.7. The fourth-order valence-corrected chi connectivity index (χ4v) is 2.69. The van der Waals surface area contributed by atoms with Gasteiger partial charge in [0.05, 0.1) is 0 Å². The van der Waals surface area contributed by atoms with Crippen LogP contribution in [0.15, 0.2) is 52.9 Å². The third-order valence-electron chi connectivity index (χ3n) is 4.15. The molecule has 0 aliphatic heterocycles. The lowest BCUT2D eigenvalue weighted by Crippen LogP contribution is -2.14. The van der Waals surface area contributed by atoms with Crippen molar-refractivity contribution < 1.29 is 4.42 Å². The summed E-state index contributed by atoms with van der Waals surface area (Å²) in [5.41, 5.74) is 4.65. The van der Waals surface area contributed by atoms with E-state index >= 15 is 0 Å². The number of nitrogens with one attached hydrogen (secondary N) is 1. The summed E-state index contributed by atoms with van der Waals surface area (Å²) in [7, 11) is 0. The molecule has 0 saturated heterocycles. The first-order valence-corrected chi connectivity index (χ1v) is 7.61. The smallest absolute Gasteiger partial charge is 0.137 e. The Labute approximate surface area is 124 Å². The number of benzene rings is 2. The predicted molar refractivity (Wildman–Crippen MR) is 86.2 cm³/mol. The van der Waals surface area contributed by atoms with E-state index in [1.165, 1.54) is 29.4 Å². The predicted octanol–water partition coefficient (Wildman–Crippen LogP) is 4.66. The Morgan fingerprint density at radius 3 is 2.62 bits per heavy atom. The molecule has 2 nitrogen and oxygen atoms in total. The Bertz CT molecular complexity index is 766. The van der Waals surface area contributed by atoms with Crippen molar-refractivity contribution >= 4 is 11.0 Å². The molecule has 1 saturated carbocycles. The van der Waals surface area contributed by atoms with E-state index < -0.39 is 0 Å². The summed E-state index contributed by atoms with van der Waals surface area (Å²) >= 11 is 0. The second-order valence-electron chi connectivity index (χ2n) is 5.96. The van der Waals surface area contributed by atoms with Gasteiger partial charge in [-0.1, -0.05) is 42.5 Å². The second-order valence-corrected chi connectivity index (χ2v) is 5.96. The van der Waals surface area contributed by atoms with E-state index in [9.17, 15) is 0 Å². The van der Waals surface area contributed by atoms with Crippen LogP contribution in [-0.4, -0.2) is 6.04 Å². The minimum absolute atomic E-state index is 0.753. The number of rotatable bonds is 4. The summed E-state index contributed by atoms with van der Waals surface area (Å²) in [6, 6.07) is 17.8. The lowest BCUT2D eigenvalue weighted by molar-refractivity contribution is 0.628. The quantitative estimate of drug-likeness (QED) is 0.750. The highest BCUT2D eigenvalue weighted by Crippen LogP contribution is 2.29. The van der Waals surface area contributed by atoms with Gasteiger partial charge in [-0.15, -0.1) is 0 Å². The molecule has 0 unspecified atom stereocenters. The monoisotopic (exact) mass is 277 g/mol. The molecule has 1 aliphatic rings. The molecule has 1 aliphatic carbocycles. The van der Waals surface area contributed by atoms with Crippen molar-refractivity contribution in [3.05, 3.63) is 59.7 Å². The molecule has 0 radical (unpaired) electrons. The fraction of sp³-hybridized carbons (Fsp3) is 0.263. The van der Waals surface area contributed by atoms with Crippen LogP contribution < -0.4 is 5.32 Å². The molecule has 2 heteroatoms. The van der Waals surface area contributed by atoms with Crippen LogP contribution >= 0.6 is 0 Å². The lowest BCUT2D eigenvalue weighted by Gasteiger charge is -2.04. The maximum atomic E-state index is 6.02. The highest BCUT2D eigenvalue weighted by atomic mass is 16.3. The second kappa shape index (κ2) is 5.05. The largest absolute Gasteiger partial charge is 0.456 e. The van der Waals surface area contributed by atoms with Crippen molar-refractivity contribution in [1.82, 2.24) is 5.32 Å². The van der Waals surface area contributed by atoms with Crippen LogP contribution in [-0.2, 0) is 6.54 Å². The van der Waals surface area contributed by atoms with Crippen LogP contribution in [0.3, 0.4) is 0 Å². The van der Waals surface area contributed by atoms with E-state index in [0.29, 0.717) is 0 Å². The zero-order valence-electron chi connectivity index (χ0n) is 12.2. The number of hydrogen-bond donors (Lipinski definition) is 1. The average molecular weight is 277 g/mol. The van der Waals surface area contributed by atoms with E-state index in [1.54, 1.807) is 0 Å². The van der Waals surface area contributed by atoms with Gasteiger partial charge in [-0.3, -0.25) is 0 Å². The van der Waals surface area contributed by atoms with Gasteiger partial charge in [-0.2, -0.15) is 0 Å².